The molecule has 3 aromatic carbocycles. The molecule has 1 saturated heterocycles. The van der Waals surface area contributed by atoms with E-state index in [1.807, 2.05) is 0 Å². The van der Waals surface area contributed by atoms with Gasteiger partial charge in [0, 0.05) is 11.1 Å². The maximum absolute atomic E-state index is 14.1. The zero-order chi connectivity index (χ0) is 26.5. The molecular formula is C28H22F2N2O5. The summed E-state index contributed by atoms with van der Waals surface area (Å²) >= 11 is 0. The molecule has 1 N–H and O–H groups in total. The third kappa shape index (κ3) is 5.40. The molecule has 188 valence electrons. The lowest BCUT2D eigenvalue weighted by molar-refractivity contribution is -0.122. The Balaban J connectivity index is 1.70. The van der Waals surface area contributed by atoms with Crippen LogP contribution in [0, 0.1) is 11.6 Å². The lowest BCUT2D eigenvalue weighted by atomic mass is 10.0. The van der Waals surface area contributed by atoms with Crippen molar-refractivity contribution in [3.8, 4) is 11.5 Å². The van der Waals surface area contributed by atoms with E-state index in [2.05, 4.69) is 11.9 Å². The van der Waals surface area contributed by atoms with Gasteiger partial charge in [0.2, 0.25) is 0 Å². The number of nitrogens with zero attached hydrogens (tertiary/aromatic N) is 1. The molecule has 1 aliphatic heterocycles. The number of hydrogen-bond acceptors (Lipinski definition) is 5. The minimum absolute atomic E-state index is 0.0523. The number of ether oxygens (including phenoxy) is 2. The van der Waals surface area contributed by atoms with Crippen LogP contribution in [-0.2, 0) is 22.6 Å². The minimum atomic E-state index is -0.944. The summed E-state index contributed by atoms with van der Waals surface area (Å²) in [5, 5.41) is 2.12. The summed E-state index contributed by atoms with van der Waals surface area (Å²) in [5.74, 6) is -2.05. The maximum Gasteiger partial charge on any atom is 0.335 e. The number of urea groups is 1. The van der Waals surface area contributed by atoms with Crippen molar-refractivity contribution in [1.29, 1.82) is 0 Å². The van der Waals surface area contributed by atoms with Crippen molar-refractivity contribution < 1.29 is 32.6 Å². The van der Waals surface area contributed by atoms with Crippen LogP contribution in [0.15, 0.2) is 78.9 Å². The molecular weight excluding hydrogens is 482 g/mol. The number of rotatable bonds is 8. The third-order valence-corrected chi connectivity index (χ3v) is 5.57. The molecule has 0 radical (unpaired) electrons. The first kappa shape index (κ1) is 25.3. The van der Waals surface area contributed by atoms with Gasteiger partial charge in [0.25, 0.3) is 11.8 Å². The number of halogens is 2. The molecule has 0 aromatic heterocycles. The van der Waals surface area contributed by atoms with Crippen molar-refractivity contribution in [1.82, 2.24) is 5.32 Å². The Morgan fingerprint density at radius 1 is 1.00 bits per heavy atom. The van der Waals surface area contributed by atoms with Crippen molar-refractivity contribution in [2.45, 2.75) is 13.0 Å². The number of barbiturate groups is 1. The van der Waals surface area contributed by atoms with E-state index in [9.17, 15) is 23.2 Å². The Morgan fingerprint density at radius 2 is 1.73 bits per heavy atom. The Hall–Kier alpha value is -4.79. The largest absolute Gasteiger partial charge is 0.493 e. The van der Waals surface area contributed by atoms with Gasteiger partial charge < -0.3 is 9.47 Å². The number of anilines is 1. The van der Waals surface area contributed by atoms with Gasteiger partial charge in [0.1, 0.15) is 23.8 Å². The summed E-state index contributed by atoms with van der Waals surface area (Å²) in [7, 11) is 1.42. The molecule has 0 spiro atoms. The highest BCUT2D eigenvalue weighted by Gasteiger charge is 2.37. The van der Waals surface area contributed by atoms with Crippen molar-refractivity contribution in [3.63, 3.8) is 0 Å². The van der Waals surface area contributed by atoms with Crippen LogP contribution in [0.4, 0.5) is 19.3 Å². The number of allylic oxidation sites excluding steroid dienone is 1. The number of methoxy groups -OCH3 is 1. The van der Waals surface area contributed by atoms with E-state index in [1.165, 1.54) is 31.4 Å². The fourth-order valence-corrected chi connectivity index (χ4v) is 3.80. The number of carbonyl (C=O) groups is 3. The van der Waals surface area contributed by atoms with Crippen LogP contribution >= 0.6 is 0 Å². The molecule has 4 amide bonds. The Morgan fingerprint density at radius 3 is 2.41 bits per heavy atom. The molecule has 3 aromatic rings. The van der Waals surface area contributed by atoms with Crippen LogP contribution in [0.2, 0.25) is 0 Å². The van der Waals surface area contributed by atoms with Crippen LogP contribution in [0.1, 0.15) is 16.7 Å². The highest BCUT2D eigenvalue weighted by molar-refractivity contribution is 6.39. The predicted octanol–water partition coefficient (Wildman–Crippen LogP) is 4.95. The van der Waals surface area contributed by atoms with Gasteiger partial charge >= 0.3 is 6.03 Å². The molecule has 1 aliphatic rings. The molecule has 0 saturated carbocycles. The highest BCUT2D eigenvalue weighted by atomic mass is 19.1. The van der Waals surface area contributed by atoms with Crippen molar-refractivity contribution in [3.05, 3.63) is 107 Å². The first-order valence-electron chi connectivity index (χ1n) is 11.2. The first-order chi connectivity index (χ1) is 17.8. The third-order valence-electron chi connectivity index (χ3n) is 5.57. The second-order valence-corrected chi connectivity index (χ2v) is 8.02. The van der Waals surface area contributed by atoms with Crippen molar-refractivity contribution >= 4 is 29.6 Å². The van der Waals surface area contributed by atoms with Gasteiger partial charge in [-0.05, 0) is 60.5 Å². The van der Waals surface area contributed by atoms with Crippen LogP contribution in [0.25, 0.3) is 6.08 Å². The number of nitrogens with one attached hydrogen (secondary N) is 1. The molecule has 0 bridgehead atoms. The topological polar surface area (TPSA) is 84.9 Å². The number of benzene rings is 3. The van der Waals surface area contributed by atoms with Crippen molar-refractivity contribution in [2.24, 2.45) is 0 Å². The molecule has 7 nitrogen and oxygen atoms in total. The normalized spacial score (nSPS) is 14.5. The van der Waals surface area contributed by atoms with E-state index in [1.54, 1.807) is 36.4 Å². The van der Waals surface area contributed by atoms with Gasteiger partial charge in [-0.1, -0.05) is 24.3 Å². The molecule has 0 unspecified atom stereocenters. The Bertz CT molecular complexity index is 1420. The zero-order valence-electron chi connectivity index (χ0n) is 19.8. The van der Waals surface area contributed by atoms with Gasteiger partial charge in [0.15, 0.2) is 11.5 Å². The van der Waals surface area contributed by atoms with Crippen molar-refractivity contribution in [2.75, 3.05) is 12.0 Å². The average Bonchev–Trinajstić information content (AvgIpc) is 2.87. The van der Waals surface area contributed by atoms with E-state index >= 15 is 0 Å². The molecule has 9 heteroatoms. The Labute approximate surface area is 211 Å². The molecule has 1 heterocycles. The summed E-state index contributed by atoms with van der Waals surface area (Å²) in [6.07, 6.45) is 3.30. The summed E-state index contributed by atoms with van der Waals surface area (Å²) in [5.41, 5.74) is 1.18. The van der Waals surface area contributed by atoms with E-state index in [-0.39, 0.29) is 23.6 Å². The number of hydrogen-bond donors (Lipinski definition) is 1. The quantitative estimate of drug-likeness (QED) is 0.267. The monoisotopic (exact) mass is 504 g/mol. The maximum atomic E-state index is 14.1. The van der Waals surface area contributed by atoms with E-state index in [4.69, 9.17) is 9.47 Å². The molecule has 0 aliphatic carbocycles. The standard InChI is InChI=1S/C28H22F2N2O5/c1-3-6-18-13-17(15-24(36-2)25(18)37-16-19-7-4-5-8-23(19)30)14-22-26(33)31-28(35)32(27(22)34)21-11-9-20(29)10-12-21/h3-5,7-15H,1,6,16H2,2H3,(H,31,33,35)/b22-14+. The van der Waals surface area contributed by atoms with E-state index in [0.29, 0.717) is 28.9 Å². The number of imide groups is 2. The highest BCUT2D eigenvalue weighted by Crippen LogP contribution is 2.35. The van der Waals surface area contributed by atoms with Crippen LogP contribution < -0.4 is 19.7 Å². The number of amides is 4. The molecule has 0 atom stereocenters. The fourth-order valence-electron chi connectivity index (χ4n) is 3.80. The van der Waals surface area contributed by atoms with Crippen LogP contribution in [-0.4, -0.2) is 25.0 Å². The Kier molecular flexibility index (Phi) is 7.43. The smallest absolute Gasteiger partial charge is 0.335 e. The fraction of sp³-hybridized carbons (Fsp3) is 0.107. The van der Waals surface area contributed by atoms with Gasteiger partial charge in [-0.15, -0.1) is 6.58 Å². The molecule has 4 rings (SSSR count). The summed E-state index contributed by atoms with van der Waals surface area (Å²) in [6, 6.07) is 13.2. The molecule has 1 fully saturated rings. The second-order valence-electron chi connectivity index (χ2n) is 8.02. The lowest BCUT2D eigenvalue weighted by Gasteiger charge is -2.26. The molecule has 37 heavy (non-hydrogen) atoms. The van der Waals surface area contributed by atoms with E-state index in [0.717, 1.165) is 17.0 Å². The zero-order valence-corrected chi connectivity index (χ0v) is 19.8. The summed E-state index contributed by atoms with van der Waals surface area (Å²) in [4.78, 5) is 38.8. The van der Waals surface area contributed by atoms with Gasteiger partial charge in [0.05, 0.1) is 12.8 Å². The second kappa shape index (κ2) is 10.9. The van der Waals surface area contributed by atoms with Gasteiger partial charge in [-0.2, -0.15) is 0 Å². The average molecular weight is 504 g/mol. The van der Waals surface area contributed by atoms with Crippen LogP contribution in [0.5, 0.6) is 11.5 Å². The lowest BCUT2D eigenvalue weighted by Crippen LogP contribution is -2.54. The van der Waals surface area contributed by atoms with Crippen LogP contribution in [0.3, 0.4) is 0 Å². The SMILES string of the molecule is C=CCc1cc(/C=C2\C(=O)NC(=O)N(c3ccc(F)cc3)C2=O)cc(OC)c1OCc1ccccc1F. The van der Waals surface area contributed by atoms with Gasteiger partial charge in [-0.3, -0.25) is 14.9 Å². The minimum Gasteiger partial charge on any atom is -0.493 e. The van der Waals surface area contributed by atoms with E-state index < -0.39 is 29.5 Å². The predicted molar refractivity (Wildman–Crippen MR) is 133 cm³/mol. The summed E-state index contributed by atoms with van der Waals surface area (Å²) in [6.45, 7) is 3.70. The summed E-state index contributed by atoms with van der Waals surface area (Å²) < 4.78 is 38.8. The number of carbonyl (C=O) groups excluding carboxylic acids is 3. The first-order valence-corrected chi connectivity index (χ1v) is 11.2. The van der Waals surface area contributed by atoms with Gasteiger partial charge in [-0.25, -0.2) is 18.5 Å².